The van der Waals surface area contributed by atoms with E-state index in [1.54, 1.807) is 0 Å². The number of aryl methyl sites for hydroxylation is 1. The van der Waals surface area contributed by atoms with Gasteiger partial charge in [-0.05, 0) is 31.2 Å². The zero-order chi connectivity index (χ0) is 14.7. The highest BCUT2D eigenvalue weighted by Crippen LogP contribution is 2.20. The van der Waals surface area contributed by atoms with Crippen molar-refractivity contribution in [2.75, 3.05) is 13.1 Å². The predicted molar refractivity (Wildman–Crippen MR) is 80.4 cm³/mol. The number of hydrogen-bond donors (Lipinski definition) is 1. The first kappa shape index (κ1) is 15.0. The molecule has 1 aliphatic rings. The van der Waals surface area contributed by atoms with E-state index < -0.39 is 0 Å². The number of nitrogens with zero attached hydrogens (tertiary/aromatic N) is 1. The highest BCUT2D eigenvalue weighted by Gasteiger charge is 2.29. The molecule has 1 fully saturated rings. The average Bonchev–Trinajstić information content (AvgIpc) is 2.43. The van der Waals surface area contributed by atoms with Crippen LogP contribution in [0.3, 0.4) is 0 Å². The van der Waals surface area contributed by atoms with Crippen LogP contribution in [-0.2, 0) is 11.2 Å². The Morgan fingerprint density at radius 1 is 1.40 bits per heavy atom. The molecule has 1 N–H and O–H groups in total. The number of piperidine rings is 1. The van der Waals surface area contributed by atoms with E-state index in [2.05, 4.69) is 31.2 Å². The van der Waals surface area contributed by atoms with Gasteiger partial charge in [0.2, 0.25) is 5.91 Å². The van der Waals surface area contributed by atoms with E-state index in [0.29, 0.717) is 12.5 Å². The molecule has 1 aliphatic heterocycles. The summed E-state index contributed by atoms with van der Waals surface area (Å²) in [6.07, 6.45) is 1.28. The Morgan fingerprint density at radius 3 is 2.65 bits per heavy atom. The molecule has 0 saturated carbocycles. The summed E-state index contributed by atoms with van der Waals surface area (Å²) in [6.45, 7) is 7.34. The third-order valence-electron chi connectivity index (χ3n) is 4.31. The van der Waals surface area contributed by atoms with Gasteiger partial charge in [0.05, 0.1) is 6.10 Å². The summed E-state index contributed by atoms with van der Waals surface area (Å²) in [5, 5.41) is 9.91. The normalized spacial score (nSPS) is 24.5. The van der Waals surface area contributed by atoms with Crippen LogP contribution in [0.2, 0.25) is 0 Å². The summed E-state index contributed by atoms with van der Waals surface area (Å²) in [4.78, 5) is 14.3. The van der Waals surface area contributed by atoms with Crippen LogP contribution in [0.5, 0.6) is 0 Å². The van der Waals surface area contributed by atoms with Crippen LogP contribution in [0, 0.1) is 18.8 Å². The largest absolute Gasteiger partial charge is 0.391 e. The van der Waals surface area contributed by atoms with Crippen LogP contribution < -0.4 is 0 Å². The summed E-state index contributed by atoms with van der Waals surface area (Å²) < 4.78 is 0. The summed E-state index contributed by atoms with van der Waals surface area (Å²) in [7, 11) is 0. The molecule has 0 spiro atoms. The second-order valence-corrected chi connectivity index (χ2v) is 6.21. The van der Waals surface area contributed by atoms with Crippen molar-refractivity contribution in [2.24, 2.45) is 11.8 Å². The first-order chi connectivity index (χ1) is 9.47. The number of hydrogen-bond acceptors (Lipinski definition) is 2. The van der Waals surface area contributed by atoms with E-state index in [0.717, 1.165) is 19.4 Å². The molecule has 1 aromatic carbocycles. The maximum Gasteiger partial charge on any atom is 0.225 e. The first-order valence-electron chi connectivity index (χ1n) is 7.49. The maximum absolute atomic E-state index is 12.4. The number of rotatable bonds is 3. The Balaban J connectivity index is 1.93. The Hall–Kier alpha value is -1.35. The van der Waals surface area contributed by atoms with Crippen LogP contribution in [0.4, 0.5) is 0 Å². The smallest absolute Gasteiger partial charge is 0.225 e. The predicted octanol–water partition coefficient (Wildman–Crippen LogP) is 2.40. The van der Waals surface area contributed by atoms with E-state index in [9.17, 15) is 9.90 Å². The Labute approximate surface area is 121 Å². The summed E-state index contributed by atoms with van der Waals surface area (Å²) >= 11 is 0. The van der Waals surface area contributed by atoms with E-state index in [-0.39, 0.29) is 17.9 Å². The lowest BCUT2D eigenvalue weighted by Gasteiger charge is -2.35. The summed E-state index contributed by atoms with van der Waals surface area (Å²) in [5.41, 5.74) is 2.43. The van der Waals surface area contributed by atoms with Gasteiger partial charge >= 0.3 is 0 Å². The van der Waals surface area contributed by atoms with Crippen LogP contribution >= 0.6 is 0 Å². The lowest BCUT2D eigenvalue weighted by molar-refractivity contribution is -0.139. The number of aliphatic hydroxyl groups is 1. The molecule has 1 saturated heterocycles. The zero-order valence-electron chi connectivity index (χ0n) is 12.7. The highest BCUT2D eigenvalue weighted by atomic mass is 16.3. The van der Waals surface area contributed by atoms with Crippen LogP contribution in [0.25, 0.3) is 0 Å². The van der Waals surface area contributed by atoms with Crippen LogP contribution in [-0.4, -0.2) is 35.1 Å². The quantitative estimate of drug-likeness (QED) is 0.920. The Kier molecular flexibility index (Phi) is 4.81. The van der Waals surface area contributed by atoms with E-state index >= 15 is 0 Å². The van der Waals surface area contributed by atoms with Gasteiger partial charge in [-0.1, -0.05) is 43.7 Å². The SMILES string of the molecule is Cc1ccc(CC(C)C(=O)N2CCC(C)C(O)C2)cc1. The monoisotopic (exact) mass is 275 g/mol. The van der Waals surface area contributed by atoms with Gasteiger partial charge in [0.1, 0.15) is 0 Å². The topological polar surface area (TPSA) is 40.5 Å². The van der Waals surface area contributed by atoms with Crippen molar-refractivity contribution < 1.29 is 9.90 Å². The molecule has 3 atom stereocenters. The number of benzene rings is 1. The van der Waals surface area contributed by atoms with Gasteiger partial charge in [0, 0.05) is 19.0 Å². The fourth-order valence-corrected chi connectivity index (χ4v) is 2.73. The van der Waals surface area contributed by atoms with Crippen LogP contribution in [0.15, 0.2) is 24.3 Å². The Morgan fingerprint density at radius 2 is 2.05 bits per heavy atom. The van der Waals surface area contributed by atoms with E-state index in [1.165, 1.54) is 11.1 Å². The van der Waals surface area contributed by atoms with Crippen molar-refractivity contribution in [1.82, 2.24) is 4.90 Å². The van der Waals surface area contributed by atoms with Crippen molar-refractivity contribution in [1.29, 1.82) is 0 Å². The van der Waals surface area contributed by atoms with Gasteiger partial charge in [-0.3, -0.25) is 4.79 Å². The molecule has 0 aliphatic carbocycles. The molecule has 0 aromatic heterocycles. The molecular weight excluding hydrogens is 250 g/mol. The van der Waals surface area contributed by atoms with Gasteiger partial charge in [-0.15, -0.1) is 0 Å². The number of amides is 1. The third-order valence-corrected chi connectivity index (χ3v) is 4.31. The molecule has 20 heavy (non-hydrogen) atoms. The lowest BCUT2D eigenvalue weighted by atomic mass is 9.93. The van der Waals surface area contributed by atoms with Gasteiger partial charge < -0.3 is 10.0 Å². The van der Waals surface area contributed by atoms with E-state index in [4.69, 9.17) is 0 Å². The minimum absolute atomic E-state index is 0.0293. The summed E-state index contributed by atoms with van der Waals surface area (Å²) in [5.74, 6) is 0.432. The number of aliphatic hydroxyl groups excluding tert-OH is 1. The second-order valence-electron chi connectivity index (χ2n) is 6.21. The molecule has 0 bridgehead atoms. The number of carbonyl (C=O) groups is 1. The van der Waals surface area contributed by atoms with Crippen molar-refractivity contribution in [3.63, 3.8) is 0 Å². The fraction of sp³-hybridized carbons (Fsp3) is 0.588. The first-order valence-corrected chi connectivity index (χ1v) is 7.49. The molecule has 1 amide bonds. The number of carbonyl (C=O) groups excluding carboxylic acids is 1. The van der Waals surface area contributed by atoms with E-state index in [1.807, 2.05) is 18.7 Å². The molecule has 3 heteroatoms. The molecule has 110 valence electrons. The molecule has 3 nitrogen and oxygen atoms in total. The second kappa shape index (κ2) is 6.40. The number of likely N-dealkylation sites (tertiary alicyclic amines) is 1. The molecule has 1 aromatic rings. The van der Waals surface area contributed by atoms with Gasteiger partial charge in [0.25, 0.3) is 0 Å². The minimum atomic E-state index is -0.376. The maximum atomic E-state index is 12.4. The summed E-state index contributed by atoms with van der Waals surface area (Å²) in [6, 6.07) is 8.34. The number of β-amino-alcohol motifs (C(OH)–C–C–N with tert-alkyl or cyclic N) is 1. The lowest BCUT2D eigenvalue weighted by Crippen LogP contribution is -2.47. The average molecular weight is 275 g/mol. The standard InChI is InChI=1S/C17H25NO2/c1-12-4-6-15(7-5-12)10-14(3)17(20)18-9-8-13(2)16(19)11-18/h4-7,13-14,16,19H,8-11H2,1-3H3. The van der Waals surface area contributed by atoms with Gasteiger partial charge in [0.15, 0.2) is 0 Å². The molecule has 1 heterocycles. The molecular formula is C17H25NO2. The van der Waals surface area contributed by atoms with Crippen molar-refractivity contribution in [2.45, 2.75) is 39.7 Å². The third kappa shape index (κ3) is 3.60. The van der Waals surface area contributed by atoms with Gasteiger partial charge in [-0.25, -0.2) is 0 Å². The van der Waals surface area contributed by atoms with Crippen molar-refractivity contribution in [3.05, 3.63) is 35.4 Å². The molecule has 0 radical (unpaired) electrons. The van der Waals surface area contributed by atoms with Crippen LogP contribution in [0.1, 0.15) is 31.4 Å². The molecule has 2 rings (SSSR count). The fourth-order valence-electron chi connectivity index (χ4n) is 2.73. The zero-order valence-corrected chi connectivity index (χ0v) is 12.7. The Bertz CT molecular complexity index is 455. The minimum Gasteiger partial charge on any atom is -0.391 e. The van der Waals surface area contributed by atoms with Gasteiger partial charge in [-0.2, -0.15) is 0 Å². The highest BCUT2D eigenvalue weighted by molar-refractivity contribution is 5.79. The molecule has 3 unspecified atom stereocenters. The van der Waals surface area contributed by atoms with Crippen molar-refractivity contribution >= 4 is 5.91 Å². The van der Waals surface area contributed by atoms with Crippen molar-refractivity contribution in [3.8, 4) is 0 Å².